The topological polar surface area (TPSA) is 84.5 Å². The number of carbonyl (C=O) groups excluding carboxylic acids is 1. The molecule has 3 rings (SSSR count). The molecular formula is C12H10N2O4S2. The van der Waals surface area contributed by atoms with Crippen LogP contribution in [0.15, 0.2) is 39.9 Å². The number of nitrogens with one attached hydrogen (secondary N) is 2. The van der Waals surface area contributed by atoms with E-state index in [4.69, 9.17) is 4.74 Å². The number of hydrogen-bond donors (Lipinski definition) is 2. The van der Waals surface area contributed by atoms with Crippen molar-refractivity contribution in [2.75, 3.05) is 16.6 Å². The van der Waals surface area contributed by atoms with Crippen LogP contribution in [0, 0.1) is 0 Å². The van der Waals surface area contributed by atoms with E-state index in [9.17, 15) is 13.2 Å². The number of amides is 1. The molecule has 20 heavy (non-hydrogen) atoms. The molecule has 8 heteroatoms. The van der Waals surface area contributed by atoms with Crippen molar-refractivity contribution in [2.45, 2.75) is 4.21 Å². The Bertz CT molecular complexity index is 754. The average Bonchev–Trinajstić information content (AvgIpc) is 2.94. The molecule has 1 aromatic carbocycles. The van der Waals surface area contributed by atoms with Crippen LogP contribution in [0.4, 0.5) is 11.4 Å². The van der Waals surface area contributed by atoms with Gasteiger partial charge in [0, 0.05) is 0 Å². The van der Waals surface area contributed by atoms with E-state index in [1.165, 1.54) is 6.07 Å². The summed E-state index contributed by atoms with van der Waals surface area (Å²) in [5.41, 5.74) is 0.618. The molecule has 0 aliphatic carbocycles. The van der Waals surface area contributed by atoms with E-state index in [1.807, 2.05) is 0 Å². The van der Waals surface area contributed by atoms with E-state index < -0.39 is 10.0 Å². The number of fused-ring (bicyclic) bond motifs is 1. The van der Waals surface area contributed by atoms with Crippen LogP contribution in [-0.4, -0.2) is 20.9 Å². The Morgan fingerprint density at radius 2 is 2.10 bits per heavy atom. The fraction of sp³-hybridized carbons (Fsp3) is 0.0833. The van der Waals surface area contributed by atoms with Gasteiger partial charge < -0.3 is 10.1 Å². The molecule has 0 atom stereocenters. The van der Waals surface area contributed by atoms with E-state index >= 15 is 0 Å². The maximum absolute atomic E-state index is 12.2. The van der Waals surface area contributed by atoms with Gasteiger partial charge in [-0.1, -0.05) is 12.1 Å². The van der Waals surface area contributed by atoms with Gasteiger partial charge >= 0.3 is 0 Å². The highest BCUT2D eigenvalue weighted by Gasteiger charge is 2.22. The van der Waals surface area contributed by atoms with E-state index in [-0.39, 0.29) is 22.4 Å². The molecule has 2 heterocycles. The number of sulfonamides is 1. The van der Waals surface area contributed by atoms with Crippen molar-refractivity contribution in [1.82, 2.24) is 0 Å². The fourth-order valence-corrected chi connectivity index (χ4v) is 3.86. The third kappa shape index (κ3) is 2.35. The van der Waals surface area contributed by atoms with Crippen molar-refractivity contribution >= 4 is 38.6 Å². The standard InChI is InChI=1S/C12H10N2O4S2/c15-10-7-18-9-4-1-3-8(12(9)13-10)14-20(16,17)11-5-2-6-19-11/h1-6,14H,7H2,(H,13,15). The van der Waals surface area contributed by atoms with Gasteiger partial charge in [0.1, 0.15) is 15.6 Å². The second-order valence-electron chi connectivity index (χ2n) is 4.05. The second-order valence-corrected chi connectivity index (χ2v) is 6.91. The highest BCUT2D eigenvalue weighted by molar-refractivity contribution is 7.94. The van der Waals surface area contributed by atoms with Crippen LogP contribution < -0.4 is 14.8 Å². The van der Waals surface area contributed by atoms with Gasteiger partial charge in [0.2, 0.25) is 0 Å². The smallest absolute Gasteiger partial charge is 0.271 e. The van der Waals surface area contributed by atoms with Crippen molar-refractivity contribution in [3.05, 3.63) is 35.7 Å². The Labute approximate surface area is 119 Å². The van der Waals surface area contributed by atoms with Crippen molar-refractivity contribution in [2.24, 2.45) is 0 Å². The quantitative estimate of drug-likeness (QED) is 0.906. The summed E-state index contributed by atoms with van der Waals surface area (Å²) >= 11 is 1.12. The number of thiophene rings is 1. The van der Waals surface area contributed by atoms with Crippen LogP contribution in [-0.2, 0) is 14.8 Å². The Kier molecular flexibility index (Phi) is 3.11. The van der Waals surface area contributed by atoms with Crippen LogP contribution in [0.2, 0.25) is 0 Å². The average molecular weight is 310 g/mol. The molecule has 0 fully saturated rings. The van der Waals surface area contributed by atoms with Crippen molar-refractivity contribution < 1.29 is 17.9 Å². The number of benzene rings is 1. The van der Waals surface area contributed by atoms with Gasteiger partial charge in [0.15, 0.2) is 6.61 Å². The second kappa shape index (κ2) is 4.80. The van der Waals surface area contributed by atoms with Crippen molar-refractivity contribution in [3.8, 4) is 5.75 Å². The van der Waals surface area contributed by atoms with Crippen LogP contribution in [0.1, 0.15) is 0 Å². The minimum absolute atomic E-state index is 0.0753. The molecule has 1 amide bonds. The molecule has 2 aromatic rings. The minimum atomic E-state index is -3.66. The van der Waals surface area contributed by atoms with Gasteiger partial charge in [-0.25, -0.2) is 8.42 Å². The molecule has 0 radical (unpaired) electrons. The third-order valence-electron chi connectivity index (χ3n) is 2.65. The van der Waals surface area contributed by atoms with Gasteiger partial charge in [-0.15, -0.1) is 11.3 Å². The number of anilines is 2. The first kappa shape index (κ1) is 12.9. The van der Waals surface area contributed by atoms with Crippen LogP contribution in [0.5, 0.6) is 5.75 Å². The highest BCUT2D eigenvalue weighted by Crippen LogP contribution is 2.36. The lowest BCUT2D eigenvalue weighted by Crippen LogP contribution is -2.26. The molecule has 0 saturated carbocycles. The lowest BCUT2D eigenvalue weighted by molar-refractivity contribution is -0.118. The molecule has 0 saturated heterocycles. The molecule has 1 aromatic heterocycles. The van der Waals surface area contributed by atoms with Gasteiger partial charge in [-0.2, -0.15) is 0 Å². The summed E-state index contributed by atoms with van der Waals surface area (Å²) in [7, 11) is -3.66. The molecule has 104 valence electrons. The number of ether oxygens (including phenoxy) is 1. The molecule has 0 unspecified atom stereocenters. The summed E-state index contributed by atoms with van der Waals surface area (Å²) in [4.78, 5) is 11.4. The van der Waals surface area contributed by atoms with Crippen molar-refractivity contribution in [3.63, 3.8) is 0 Å². The summed E-state index contributed by atoms with van der Waals surface area (Å²) in [6.45, 7) is -0.0753. The molecule has 6 nitrogen and oxygen atoms in total. The summed E-state index contributed by atoms with van der Waals surface area (Å²) in [6, 6.07) is 8.06. The number of hydrogen-bond acceptors (Lipinski definition) is 5. The summed E-state index contributed by atoms with van der Waals surface area (Å²) in [5, 5.41) is 4.29. The predicted octanol–water partition coefficient (Wildman–Crippen LogP) is 1.88. The fourth-order valence-electron chi connectivity index (χ4n) is 1.80. The third-order valence-corrected chi connectivity index (χ3v) is 5.42. The van der Waals surface area contributed by atoms with E-state index in [0.717, 1.165) is 11.3 Å². The minimum Gasteiger partial charge on any atom is -0.481 e. The SMILES string of the molecule is O=C1COc2cccc(NS(=O)(=O)c3cccs3)c2N1. The lowest BCUT2D eigenvalue weighted by atomic mass is 10.2. The maximum Gasteiger partial charge on any atom is 0.271 e. The van der Waals surface area contributed by atoms with Crippen LogP contribution >= 0.6 is 11.3 Å². The summed E-state index contributed by atoms with van der Waals surface area (Å²) < 4.78 is 32.3. The molecule has 1 aliphatic heterocycles. The van der Waals surface area contributed by atoms with Crippen LogP contribution in [0.25, 0.3) is 0 Å². The Hall–Kier alpha value is -2.06. The monoisotopic (exact) mass is 310 g/mol. The largest absolute Gasteiger partial charge is 0.481 e. The molecular weight excluding hydrogens is 300 g/mol. The zero-order valence-electron chi connectivity index (χ0n) is 10.1. The Morgan fingerprint density at radius 1 is 1.25 bits per heavy atom. The van der Waals surface area contributed by atoms with Gasteiger partial charge in [-0.05, 0) is 23.6 Å². The number of carbonyl (C=O) groups is 1. The summed E-state index contributed by atoms with van der Waals surface area (Å²) in [6.07, 6.45) is 0. The Balaban J connectivity index is 1.98. The first-order chi connectivity index (χ1) is 9.56. The molecule has 2 N–H and O–H groups in total. The first-order valence-electron chi connectivity index (χ1n) is 5.68. The zero-order valence-corrected chi connectivity index (χ0v) is 11.8. The molecule has 0 bridgehead atoms. The van der Waals surface area contributed by atoms with Gasteiger partial charge in [-0.3, -0.25) is 9.52 Å². The van der Waals surface area contributed by atoms with Gasteiger partial charge in [0.25, 0.3) is 15.9 Å². The van der Waals surface area contributed by atoms with Crippen molar-refractivity contribution in [1.29, 1.82) is 0 Å². The summed E-state index contributed by atoms with van der Waals surface area (Å²) in [5.74, 6) is 0.122. The number of rotatable bonds is 3. The number of para-hydroxylation sites is 1. The van der Waals surface area contributed by atoms with E-state index in [1.54, 1.807) is 29.6 Å². The van der Waals surface area contributed by atoms with E-state index in [0.29, 0.717) is 11.4 Å². The normalized spacial score (nSPS) is 14.1. The maximum atomic E-state index is 12.2. The lowest BCUT2D eigenvalue weighted by Gasteiger charge is -2.20. The molecule has 0 spiro atoms. The predicted molar refractivity (Wildman–Crippen MR) is 75.7 cm³/mol. The van der Waals surface area contributed by atoms with E-state index in [2.05, 4.69) is 10.0 Å². The van der Waals surface area contributed by atoms with Crippen LogP contribution in [0.3, 0.4) is 0 Å². The first-order valence-corrected chi connectivity index (χ1v) is 8.04. The Morgan fingerprint density at radius 3 is 2.85 bits per heavy atom. The highest BCUT2D eigenvalue weighted by atomic mass is 32.2. The zero-order chi connectivity index (χ0) is 14.2. The van der Waals surface area contributed by atoms with Gasteiger partial charge in [0.05, 0.1) is 5.69 Å². The molecule has 1 aliphatic rings.